The van der Waals surface area contributed by atoms with Crippen LogP contribution >= 0.6 is 23.1 Å². The molecule has 1 rings (SSSR count). The van der Waals surface area contributed by atoms with E-state index in [1.807, 2.05) is 6.26 Å². The first-order chi connectivity index (χ1) is 8.95. The lowest BCUT2D eigenvalue weighted by atomic mass is 10.4. The van der Waals surface area contributed by atoms with Gasteiger partial charge in [0.05, 0.1) is 4.90 Å². The van der Waals surface area contributed by atoms with E-state index in [9.17, 15) is 8.42 Å². The summed E-state index contributed by atoms with van der Waals surface area (Å²) in [5.74, 6) is 0.968. The Morgan fingerprint density at radius 1 is 1.42 bits per heavy atom. The summed E-state index contributed by atoms with van der Waals surface area (Å²) in [7, 11) is -3.34. The van der Waals surface area contributed by atoms with Crippen molar-refractivity contribution in [2.45, 2.75) is 37.8 Å². The van der Waals surface area contributed by atoms with Crippen LogP contribution in [-0.4, -0.2) is 33.0 Å². The summed E-state index contributed by atoms with van der Waals surface area (Å²) in [4.78, 5) is 1.42. The number of sulfonamides is 1. The van der Waals surface area contributed by atoms with Gasteiger partial charge in [-0.3, -0.25) is 0 Å². The van der Waals surface area contributed by atoms with Crippen molar-refractivity contribution in [3.63, 3.8) is 0 Å². The third kappa shape index (κ3) is 6.27. The van der Waals surface area contributed by atoms with Crippen LogP contribution in [0.3, 0.4) is 0 Å². The summed E-state index contributed by atoms with van der Waals surface area (Å²) in [5, 5.41) is 4.98. The summed E-state index contributed by atoms with van der Waals surface area (Å²) in [6.45, 7) is 5.35. The normalized spacial score (nSPS) is 12.2. The average Bonchev–Trinajstić information content (AvgIpc) is 2.82. The van der Waals surface area contributed by atoms with Crippen LogP contribution in [0.25, 0.3) is 0 Å². The molecule has 0 spiro atoms. The van der Waals surface area contributed by atoms with E-state index in [0.29, 0.717) is 24.0 Å². The molecule has 0 aliphatic carbocycles. The smallest absolute Gasteiger partial charge is 0.241 e. The lowest BCUT2D eigenvalue weighted by Crippen LogP contribution is -2.25. The van der Waals surface area contributed by atoms with Crippen LogP contribution in [0, 0.1) is 0 Å². The Hall–Kier alpha value is -0.0800. The van der Waals surface area contributed by atoms with Crippen molar-refractivity contribution in [3.05, 3.63) is 16.3 Å². The highest BCUT2D eigenvalue weighted by molar-refractivity contribution is 7.98. The molecule has 4 nitrogen and oxygen atoms in total. The van der Waals surface area contributed by atoms with Gasteiger partial charge in [-0.2, -0.15) is 11.8 Å². The molecule has 1 heterocycles. The molecule has 0 aliphatic heterocycles. The van der Waals surface area contributed by atoms with Crippen molar-refractivity contribution in [2.75, 3.05) is 18.6 Å². The lowest BCUT2D eigenvalue weighted by Gasteiger charge is -2.05. The van der Waals surface area contributed by atoms with Crippen LogP contribution in [0.15, 0.2) is 16.3 Å². The van der Waals surface area contributed by atoms with Gasteiger partial charge in [-0.25, -0.2) is 13.1 Å². The Morgan fingerprint density at radius 3 is 2.79 bits per heavy atom. The molecular weight excluding hydrogens is 300 g/mol. The van der Waals surface area contributed by atoms with E-state index < -0.39 is 10.0 Å². The van der Waals surface area contributed by atoms with Crippen LogP contribution < -0.4 is 10.0 Å². The highest BCUT2D eigenvalue weighted by atomic mass is 32.2. The minimum atomic E-state index is -3.34. The topological polar surface area (TPSA) is 58.2 Å². The minimum absolute atomic E-state index is 0.377. The molecule has 0 bridgehead atoms. The molecule has 0 atom stereocenters. The first-order valence-electron chi connectivity index (χ1n) is 6.25. The van der Waals surface area contributed by atoms with Crippen molar-refractivity contribution in [2.24, 2.45) is 0 Å². The average molecular weight is 323 g/mol. The summed E-state index contributed by atoms with van der Waals surface area (Å²) >= 11 is 3.20. The number of hydrogen-bond acceptors (Lipinski definition) is 5. The largest absolute Gasteiger partial charge is 0.310 e. The van der Waals surface area contributed by atoms with E-state index in [4.69, 9.17) is 0 Å². The maximum absolute atomic E-state index is 12.0. The van der Waals surface area contributed by atoms with Gasteiger partial charge in [-0.15, -0.1) is 11.3 Å². The zero-order valence-electron chi connectivity index (χ0n) is 11.6. The molecule has 0 saturated heterocycles. The fourth-order valence-corrected chi connectivity index (χ4v) is 4.14. The van der Waals surface area contributed by atoms with Gasteiger partial charge in [0.25, 0.3) is 0 Å². The summed E-state index contributed by atoms with van der Waals surface area (Å²) in [5.41, 5.74) is 0. The predicted octanol–water partition coefficient (Wildman–Crippen LogP) is 2.28. The van der Waals surface area contributed by atoms with Crippen molar-refractivity contribution in [1.82, 2.24) is 10.0 Å². The zero-order valence-corrected chi connectivity index (χ0v) is 14.1. The second-order valence-corrected chi connectivity index (χ2v) is 8.28. The standard InChI is InChI=1S/C12H22N2O2S3/c1-10(2)13-8-11-7-12(9-18-11)19(15,16)14-5-4-6-17-3/h7,9-10,13-14H,4-6,8H2,1-3H3. The number of thioether (sulfide) groups is 1. The van der Waals surface area contributed by atoms with Crippen LogP contribution in [0.4, 0.5) is 0 Å². The van der Waals surface area contributed by atoms with Gasteiger partial charge >= 0.3 is 0 Å². The number of thiophene rings is 1. The molecule has 110 valence electrons. The number of nitrogens with one attached hydrogen (secondary N) is 2. The Balaban J connectivity index is 2.53. The molecule has 0 aliphatic rings. The maximum atomic E-state index is 12.0. The van der Waals surface area contributed by atoms with Crippen LogP contribution in [0.1, 0.15) is 25.1 Å². The third-order valence-corrected chi connectivity index (χ3v) is 5.67. The lowest BCUT2D eigenvalue weighted by molar-refractivity contribution is 0.580. The predicted molar refractivity (Wildman–Crippen MR) is 84.5 cm³/mol. The zero-order chi connectivity index (χ0) is 14.3. The molecule has 0 aromatic carbocycles. The molecule has 0 fully saturated rings. The molecule has 2 N–H and O–H groups in total. The molecule has 19 heavy (non-hydrogen) atoms. The second-order valence-electron chi connectivity index (χ2n) is 4.53. The Morgan fingerprint density at radius 2 is 2.16 bits per heavy atom. The van der Waals surface area contributed by atoms with E-state index in [0.717, 1.165) is 17.1 Å². The van der Waals surface area contributed by atoms with E-state index in [1.54, 1.807) is 23.2 Å². The van der Waals surface area contributed by atoms with Crippen LogP contribution in [0.5, 0.6) is 0 Å². The molecule has 7 heteroatoms. The molecule has 0 amide bonds. The summed E-state index contributed by atoms with van der Waals surface area (Å²) in [6, 6.07) is 2.14. The van der Waals surface area contributed by atoms with Gasteiger partial charge in [0, 0.05) is 29.4 Å². The van der Waals surface area contributed by atoms with Crippen molar-refractivity contribution < 1.29 is 8.42 Å². The molecule has 0 saturated carbocycles. The Bertz CT molecular complexity index is 469. The SMILES string of the molecule is CSCCCNS(=O)(=O)c1csc(CNC(C)C)c1. The number of hydrogen-bond donors (Lipinski definition) is 2. The minimum Gasteiger partial charge on any atom is -0.310 e. The monoisotopic (exact) mass is 322 g/mol. The quantitative estimate of drug-likeness (QED) is 0.685. The number of rotatable bonds is 9. The van der Waals surface area contributed by atoms with Crippen molar-refractivity contribution in [3.8, 4) is 0 Å². The van der Waals surface area contributed by atoms with Gasteiger partial charge < -0.3 is 5.32 Å². The third-order valence-electron chi connectivity index (χ3n) is 2.44. The van der Waals surface area contributed by atoms with Gasteiger partial charge in [0.2, 0.25) is 10.0 Å². The molecule has 1 aromatic rings. The maximum Gasteiger partial charge on any atom is 0.241 e. The van der Waals surface area contributed by atoms with E-state index in [-0.39, 0.29) is 0 Å². The van der Waals surface area contributed by atoms with Gasteiger partial charge in [0.1, 0.15) is 0 Å². The van der Waals surface area contributed by atoms with Gasteiger partial charge in [-0.05, 0) is 24.5 Å². The highest BCUT2D eigenvalue weighted by Gasteiger charge is 2.15. The van der Waals surface area contributed by atoms with Crippen molar-refractivity contribution in [1.29, 1.82) is 0 Å². The highest BCUT2D eigenvalue weighted by Crippen LogP contribution is 2.19. The van der Waals surface area contributed by atoms with E-state index in [1.165, 1.54) is 11.3 Å². The molecule has 0 unspecified atom stereocenters. The molecule has 0 radical (unpaired) electrons. The fourth-order valence-electron chi connectivity index (χ4n) is 1.41. The summed E-state index contributed by atoms with van der Waals surface area (Å²) in [6.07, 6.45) is 2.87. The summed E-state index contributed by atoms with van der Waals surface area (Å²) < 4.78 is 26.7. The molecular formula is C12H22N2O2S3. The van der Waals surface area contributed by atoms with Gasteiger partial charge in [-0.1, -0.05) is 13.8 Å². The van der Waals surface area contributed by atoms with Crippen LogP contribution in [0.2, 0.25) is 0 Å². The molecule has 1 aromatic heterocycles. The Labute approximate surface area is 124 Å². The van der Waals surface area contributed by atoms with E-state index >= 15 is 0 Å². The fraction of sp³-hybridized carbons (Fsp3) is 0.667. The van der Waals surface area contributed by atoms with E-state index in [2.05, 4.69) is 23.9 Å². The second kappa shape index (κ2) is 8.26. The Kier molecular flexibility index (Phi) is 7.38. The van der Waals surface area contributed by atoms with Crippen molar-refractivity contribution >= 4 is 33.1 Å². The van der Waals surface area contributed by atoms with Crippen LogP contribution in [-0.2, 0) is 16.6 Å². The first kappa shape index (κ1) is 17.0. The first-order valence-corrected chi connectivity index (χ1v) is 10.0. The van der Waals surface area contributed by atoms with Gasteiger partial charge in [0.15, 0.2) is 0 Å².